The van der Waals surface area contributed by atoms with E-state index in [4.69, 9.17) is 14.2 Å². The fourth-order valence-electron chi connectivity index (χ4n) is 4.94. The monoisotopic (exact) mass is 485 g/mol. The first-order chi connectivity index (χ1) is 17.6. The van der Waals surface area contributed by atoms with Crippen molar-refractivity contribution in [2.24, 2.45) is 5.92 Å². The van der Waals surface area contributed by atoms with Gasteiger partial charge in [-0.25, -0.2) is 0 Å². The van der Waals surface area contributed by atoms with Gasteiger partial charge in [0.15, 0.2) is 11.5 Å². The third-order valence-electron chi connectivity index (χ3n) is 7.16. The predicted molar refractivity (Wildman–Crippen MR) is 141 cm³/mol. The lowest BCUT2D eigenvalue weighted by atomic mass is 9.97. The smallest absolute Gasteiger partial charge is 0.223 e. The summed E-state index contributed by atoms with van der Waals surface area (Å²) >= 11 is 0. The van der Waals surface area contributed by atoms with Crippen LogP contribution in [0.3, 0.4) is 0 Å². The average Bonchev–Trinajstić information content (AvgIpc) is 3.31. The molecule has 5 nitrogen and oxygen atoms in total. The molecule has 0 saturated carbocycles. The van der Waals surface area contributed by atoms with E-state index in [0.29, 0.717) is 38.6 Å². The molecule has 1 atom stereocenters. The molecule has 0 aliphatic carbocycles. The summed E-state index contributed by atoms with van der Waals surface area (Å²) in [6, 6.07) is 21.0. The second-order valence-corrected chi connectivity index (χ2v) is 9.97. The molecule has 5 heteroatoms. The zero-order valence-electron chi connectivity index (χ0n) is 21.3. The second-order valence-electron chi connectivity index (χ2n) is 9.97. The van der Waals surface area contributed by atoms with E-state index in [-0.39, 0.29) is 5.91 Å². The molecule has 2 aliphatic heterocycles. The number of hydrogen-bond acceptors (Lipinski definition) is 4. The highest BCUT2D eigenvalue weighted by atomic mass is 16.5. The number of carbonyl (C=O) groups is 1. The quantitative estimate of drug-likeness (QED) is 0.428. The Morgan fingerprint density at radius 3 is 2.67 bits per heavy atom. The molecule has 36 heavy (non-hydrogen) atoms. The van der Waals surface area contributed by atoms with E-state index >= 15 is 0 Å². The van der Waals surface area contributed by atoms with Gasteiger partial charge in [-0.1, -0.05) is 54.1 Å². The third-order valence-corrected chi connectivity index (χ3v) is 7.16. The molecule has 0 bridgehead atoms. The van der Waals surface area contributed by atoms with Gasteiger partial charge in [0.2, 0.25) is 5.91 Å². The molecule has 188 valence electrons. The topological polar surface area (TPSA) is 48.0 Å². The SMILES string of the molecule is Cc1ccc(CCC(=O)N2CCOc3c(cc(-c4ccccc4C)cc3OCC3CCOC3)C2)cc1. The summed E-state index contributed by atoms with van der Waals surface area (Å²) in [6.45, 7) is 7.88. The zero-order chi connectivity index (χ0) is 24.9. The zero-order valence-corrected chi connectivity index (χ0v) is 21.3. The van der Waals surface area contributed by atoms with Crippen molar-refractivity contribution in [2.75, 3.05) is 33.0 Å². The van der Waals surface area contributed by atoms with Crippen LogP contribution in [-0.4, -0.2) is 43.8 Å². The lowest BCUT2D eigenvalue weighted by molar-refractivity contribution is -0.131. The maximum absolute atomic E-state index is 13.2. The first kappa shape index (κ1) is 24.4. The number of hydrogen-bond donors (Lipinski definition) is 0. The number of ether oxygens (including phenoxy) is 3. The molecule has 3 aromatic carbocycles. The number of fused-ring (bicyclic) bond motifs is 1. The largest absolute Gasteiger partial charge is 0.489 e. The predicted octanol–water partition coefficient (Wildman–Crippen LogP) is 5.74. The lowest BCUT2D eigenvalue weighted by Crippen LogP contribution is -2.32. The minimum Gasteiger partial charge on any atom is -0.489 e. The Bertz CT molecular complexity index is 1200. The van der Waals surface area contributed by atoms with E-state index < -0.39 is 0 Å². The average molecular weight is 486 g/mol. The number of aryl methyl sites for hydroxylation is 3. The highest BCUT2D eigenvalue weighted by Crippen LogP contribution is 2.40. The molecule has 0 aromatic heterocycles. The van der Waals surface area contributed by atoms with Crippen LogP contribution < -0.4 is 9.47 Å². The van der Waals surface area contributed by atoms with Gasteiger partial charge in [-0.15, -0.1) is 0 Å². The van der Waals surface area contributed by atoms with Crippen molar-refractivity contribution in [1.29, 1.82) is 0 Å². The van der Waals surface area contributed by atoms with Gasteiger partial charge in [-0.2, -0.15) is 0 Å². The first-order valence-electron chi connectivity index (χ1n) is 13.0. The molecule has 1 unspecified atom stereocenters. The van der Waals surface area contributed by atoms with E-state index in [1.54, 1.807) is 0 Å². The van der Waals surface area contributed by atoms with Crippen molar-refractivity contribution in [3.8, 4) is 22.6 Å². The third kappa shape index (κ3) is 5.73. The standard InChI is InChI=1S/C31H35NO4/c1-22-7-9-24(10-8-22)11-12-30(33)32-14-16-35-31-27(19-32)17-26(28-6-4-3-5-23(28)2)18-29(31)36-21-25-13-15-34-20-25/h3-10,17-18,25H,11-16,19-21H2,1-2H3. The van der Waals surface area contributed by atoms with Crippen LogP contribution in [0.1, 0.15) is 35.1 Å². The molecule has 1 fully saturated rings. The van der Waals surface area contributed by atoms with Crippen LogP contribution >= 0.6 is 0 Å². The van der Waals surface area contributed by atoms with Crippen LogP contribution in [-0.2, 0) is 22.5 Å². The Morgan fingerprint density at radius 1 is 1.06 bits per heavy atom. The number of nitrogens with zero attached hydrogens (tertiary/aromatic N) is 1. The molecule has 5 rings (SSSR count). The summed E-state index contributed by atoms with van der Waals surface area (Å²) < 4.78 is 18.1. The second kappa shape index (κ2) is 11.2. The van der Waals surface area contributed by atoms with Crippen LogP contribution in [0.15, 0.2) is 60.7 Å². The number of rotatable bonds is 7. The van der Waals surface area contributed by atoms with Gasteiger partial charge in [0.1, 0.15) is 6.61 Å². The fourth-order valence-corrected chi connectivity index (χ4v) is 4.94. The highest BCUT2D eigenvalue weighted by Gasteiger charge is 2.25. The minimum atomic E-state index is 0.152. The summed E-state index contributed by atoms with van der Waals surface area (Å²) in [7, 11) is 0. The molecular formula is C31H35NO4. The maximum atomic E-state index is 13.2. The highest BCUT2D eigenvalue weighted by molar-refractivity contribution is 5.77. The van der Waals surface area contributed by atoms with Crippen molar-refractivity contribution < 1.29 is 19.0 Å². The van der Waals surface area contributed by atoms with Crippen LogP contribution in [0.5, 0.6) is 11.5 Å². The van der Waals surface area contributed by atoms with Gasteiger partial charge >= 0.3 is 0 Å². The Hall–Kier alpha value is -3.31. The van der Waals surface area contributed by atoms with Gasteiger partial charge in [0.05, 0.1) is 19.8 Å². The maximum Gasteiger partial charge on any atom is 0.223 e. The van der Waals surface area contributed by atoms with Crippen molar-refractivity contribution >= 4 is 5.91 Å². The molecule has 0 N–H and O–H groups in total. The molecule has 2 aliphatic rings. The van der Waals surface area contributed by atoms with Crippen molar-refractivity contribution in [3.05, 3.63) is 82.9 Å². The van der Waals surface area contributed by atoms with Gasteiger partial charge in [0, 0.05) is 31.1 Å². The van der Waals surface area contributed by atoms with E-state index in [2.05, 4.69) is 74.5 Å². The van der Waals surface area contributed by atoms with E-state index in [1.807, 2.05) is 4.90 Å². The van der Waals surface area contributed by atoms with Gasteiger partial charge in [-0.05, 0) is 61.1 Å². The first-order valence-corrected chi connectivity index (χ1v) is 13.0. The van der Waals surface area contributed by atoms with Crippen LogP contribution in [0.25, 0.3) is 11.1 Å². The van der Waals surface area contributed by atoms with Crippen molar-refractivity contribution in [1.82, 2.24) is 4.90 Å². The van der Waals surface area contributed by atoms with Gasteiger partial charge in [-0.3, -0.25) is 4.79 Å². The summed E-state index contributed by atoms with van der Waals surface area (Å²) in [5.41, 5.74) is 6.86. The number of amides is 1. The van der Waals surface area contributed by atoms with Gasteiger partial charge in [0.25, 0.3) is 0 Å². The minimum absolute atomic E-state index is 0.152. The molecule has 1 saturated heterocycles. The van der Waals surface area contributed by atoms with E-state index in [1.165, 1.54) is 16.7 Å². The Kier molecular flexibility index (Phi) is 7.57. The lowest BCUT2D eigenvalue weighted by Gasteiger charge is -2.21. The summed E-state index contributed by atoms with van der Waals surface area (Å²) in [5.74, 6) is 2.07. The molecule has 2 heterocycles. The Balaban J connectivity index is 1.39. The molecule has 3 aromatic rings. The Labute approximate surface area is 214 Å². The normalized spacial score (nSPS) is 17.3. The molecule has 1 amide bonds. The summed E-state index contributed by atoms with van der Waals surface area (Å²) in [5, 5.41) is 0. The summed E-state index contributed by atoms with van der Waals surface area (Å²) in [4.78, 5) is 15.1. The molecular weight excluding hydrogens is 450 g/mol. The van der Waals surface area contributed by atoms with Crippen LogP contribution in [0, 0.1) is 19.8 Å². The van der Waals surface area contributed by atoms with Crippen LogP contribution in [0.4, 0.5) is 0 Å². The fraction of sp³-hybridized carbons (Fsp3) is 0.387. The molecule has 0 spiro atoms. The van der Waals surface area contributed by atoms with Crippen LogP contribution in [0.2, 0.25) is 0 Å². The Morgan fingerprint density at radius 2 is 1.89 bits per heavy atom. The van der Waals surface area contributed by atoms with Crippen molar-refractivity contribution in [2.45, 2.75) is 39.7 Å². The molecule has 0 radical (unpaired) electrons. The van der Waals surface area contributed by atoms with Gasteiger partial charge < -0.3 is 19.1 Å². The number of carbonyl (C=O) groups excluding carboxylic acids is 1. The van der Waals surface area contributed by atoms with Crippen molar-refractivity contribution in [3.63, 3.8) is 0 Å². The number of benzene rings is 3. The summed E-state index contributed by atoms with van der Waals surface area (Å²) in [6.07, 6.45) is 2.25. The van der Waals surface area contributed by atoms with E-state index in [0.717, 1.165) is 54.2 Å². The van der Waals surface area contributed by atoms with E-state index in [9.17, 15) is 4.79 Å².